The molecule has 2 N–H and O–H groups in total. The van der Waals surface area contributed by atoms with Crippen LogP contribution in [0.1, 0.15) is 155 Å². The summed E-state index contributed by atoms with van der Waals surface area (Å²) >= 11 is 0. The number of amides is 1. The summed E-state index contributed by atoms with van der Waals surface area (Å²) in [6.07, 6.45) is 28.5. The molecular formula is C35H71N2O6P. The van der Waals surface area contributed by atoms with Crippen molar-refractivity contribution >= 4 is 13.7 Å². The number of carbonyl (C=O) groups excluding carboxylic acids is 1. The number of quaternary nitrogens is 1. The van der Waals surface area contributed by atoms with Crippen molar-refractivity contribution in [3.05, 3.63) is 12.2 Å². The topological polar surface area (TPSA) is 108 Å². The van der Waals surface area contributed by atoms with Crippen LogP contribution in [0, 0.1) is 0 Å². The lowest BCUT2D eigenvalue weighted by atomic mass is 10.0. The van der Waals surface area contributed by atoms with Crippen molar-refractivity contribution in [2.75, 3.05) is 40.9 Å². The van der Waals surface area contributed by atoms with Crippen LogP contribution in [-0.4, -0.2) is 68.5 Å². The SMILES string of the molecule is CCCCCC/C=C/C(O)C(COP(=O)([O-])OCC[N+](C)(C)C)NC(=O)CCCCCCCCCCCCCCCCCC. The van der Waals surface area contributed by atoms with E-state index in [-0.39, 0.29) is 19.1 Å². The van der Waals surface area contributed by atoms with E-state index in [1.54, 1.807) is 6.08 Å². The smallest absolute Gasteiger partial charge is 0.268 e. The zero-order valence-electron chi connectivity index (χ0n) is 29.4. The summed E-state index contributed by atoms with van der Waals surface area (Å²) in [6.45, 7) is 4.55. The molecule has 0 aliphatic carbocycles. The second kappa shape index (κ2) is 28.5. The number of aliphatic hydroxyl groups excluding tert-OH is 1. The maximum Gasteiger partial charge on any atom is 0.268 e. The van der Waals surface area contributed by atoms with Crippen molar-refractivity contribution in [2.45, 2.75) is 167 Å². The van der Waals surface area contributed by atoms with Gasteiger partial charge in [0.1, 0.15) is 13.2 Å². The van der Waals surface area contributed by atoms with Crippen molar-refractivity contribution in [3.8, 4) is 0 Å². The van der Waals surface area contributed by atoms with Crippen LogP contribution in [0.3, 0.4) is 0 Å². The summed E-state index contributed by atoms with van der Waals surface area (Å²) in [6, 6.07) is -0.875. The average Bonchev–Trinajstić information content (AvgIpc) is 2.95. The fourth-order valence-electron chi connectivity index (χ4n) is 5.03. The number of phosphoric ester groups is 1. The van der Waals surface area contributed by atoms with E-state index in [2.05, 4.69) is 19.2 Å². The number of nitrogens with one attached hydrogen (secondary N) is 1. The third-order valence-corrected chi connectivity index (χ3v) is 8.96. The Bertz CT molecular complexity index is 743. The average molecular weight is 647 g/mol. The Labute approximate surface area is 272 Å². The van der Waals surface area contributed by atoms with E-state index < -0.39 is 20.0 Å². The van der Waals surface area contributed by atoms with Gasteiger partial charge in [-0.1, -0.05) is 142 Å². The van der Waals surface area contributed by atoms with Crippen LogP contribution >= 0.6 is 7.82 Å². The molecule has 3 unspecified atom stereocenters. The van der Waals surface area contributed by atoms with Crippen molar-refractivity contribution in [3.63, 3.8) is 0 Å². The minimum absolute atomic E-state index is 0.000768. The number of carbonyl (C=O) groups is 1. The molecule has 0 bridgehead atoms. The first kappa shape index (κ1) is 43.2. The van der Waals surface area contributed by atoms with E-state index in [1.165, 1.54) is 89.9 Å². The van der Waals surface area contributed by atoms with Crippen molar-refractivity contribution in [1.82, 2.24) is 5.32 Å². The first-order valence-electron chi connectivity index (χ1n) is 18.1. The highest BCUT2D eigenvalue weighted by atomic mass is 31.2. The van der Waals surface area contributed by atoms with Gasteiger partial charge < -0.3 is 28.8 Å². The molecule has 0 aromatic carbocycles. The Morgan fingerprint density at radius 3 is 1.70 bits per heavy atom. The quantitative estimate of drug-likeness (QED) is 0.0330. The lowest BCUT2D eigenvalue weighted by Crippen LogP contribution is -2.45. The highest BCUT2D eigenvalue weighted by Crippen LogP contribution is 2.38. The standard InChI is InChI=1S/C35H71N2O6P/c1-6-8-10-12-14-15-16-17-18-19-20-21-22-23-25-27-29-35(39)36-33(34(38)28-26-24-13-11-9-7-2)32-43-44(40,41)42-31-30-37(3,4)5/h26,28,33-34,38H,6-25,27,29-32H2,1-5H3,(H-,36,39,40,41)/b28-26+. The Hall–Kier alpha value is -0.760. The van der Waals surface area contributed by atoms with Gasteiger partial charge in [-0.15, -0.1) is 0 Å². The van der Waals surface area contributed by atoms with Crippen LogP contribution in [0.2, 0.25) is 0 Å². The van der Waals surface area contributed by atoms with Gasteiger partial charge >= 0.3 is 0 Å². The molecule has 1 amide bonds. The predicted octanol–water partition coefficient (Wildman–Crippen LogP) is 8.22. The largest absolute Gasteiger partial charge is 0.756 e. The molecule has 0 aliphatic rings. The van der Waals surface area contributed by atoms with Crippen LogP contribution in [0.25, 0.3) is 0 Å². The molecule has 0 fully saturated rings. The predicted molar refractivity (Wildman–Crippen MR) is 182 cm³/mol. The summed E-state index contributed by atoms with van der Waals surface area (Å²) in [4.78, 5) is 25.0. The molecule has 0 aromatic heterocycles. The van der Waals surface area contributed by atoms with Gasteiger partial charge in [0, 0.05) is 6.42 Å². The van der Waals surface area contributed by atoms with Crippen LogP contribution in [0.5, 0.6) is 0 Å². The molecule has 0 heterocycles. The minimum Gasteiger partial charge on any atom is -0.756 e. The molecule has 0 aliphatic heterocycles. The van der Waals surface area contributed by atoms with Gasteiger partial charge in [-0.25, -0.2) is 0 Å². The molecule has 0 saturated carbocycles. The third-order valence-electron chi connectivity index (χ3n) is 8.00. The van der Waals surface area contributed by atoms with E-state index >= 15 is 0 Å². The normalized spacial score (nSPS) is 15.0. The fraction of sp³-hybridized carbons (Fsp3) is 0.914. The third kappa shape index (κ3) is 29.9. The number of hydrogen-bond acceptors (Lipinski definition) is 6. The Morgan fingerprint density at radius 1 is 0.773 bits per heavy atom. The zero-order chi connectivity index (χ0) is 32.9. The van der Waals surface area contributed by atoms with Crippen molar-refractivity contribution in [1.29, 1.82) is 0 Å². The van der Waals surface area contributed by atoms with Crippen LogP contribution in [0.15, 0.2) is 12.2 Å². The second-order valence-corrected chi connectivity index (χ2v) is 15.0. The Kier molecular flexibility index (Phi) is 28.0. The molecule has 0 saturated heterocycles. The number of hydrogen-bond donors (Lipinski definition) is 2. The lowest BCUT2D eigenvalue weighted by Gasteiger charge is -2.29. The monoisotopic (exact) mass is 647 g/mol. The molecule has 0 aromatic rings. The van der Waals surface area contributed by atoms with Crippen LogP contribution in [0.4, 0.5) is 0 Å². The van der Waals surface area contributed by atoms with Gasteiger partial charge in [0.2, 0.25) is 5.91 Å². The number of unbranched alkanes of at least 4 members (excludes halogenated alkanes) is 19. The van der Waals surface area contributed by atoms with Crippen molar-refractivity contribution < 1.29 is 32.9 Å². The molecular weight excluding hydrogens is 575 g/mol. The summed E-state index contributed by atoms with van der Waals surface area (Å²) in [5, 5.41) is 13.5. The zero-order valence-corrected chi connectivity index (χ0v) is 30.3. The highest BCUT2D eigenvalue weighted by molar-refractivity contribution is 7.45. The molecule has 44 heavy (non-hydrogen) atoms. The van der Waals surface area contributed by atoms with Crippen LogP contribution in [-0.2, 0) is 18.4 Å². The Morgan fingerprint density at radius 2 is 1.23 bits per heavy atom. The number of aliphatic hydroxyl groups is 1. The summed E-state index contributed by atoms with van der Waals surface area (Å²) < 4.78 is 22.9. The first-order chi connectivity index (χ1) is 21.0. The van der Waals surface area contributed by atoms with E-state index in [0.717, 1.165) is 44.9 Å². The number of nitrogens with zero attached hydrogens (tertiary/aromatic N) is 1. The van der Waals surface area contributed by atoms with Crippen molar-refractivity contribution in [2.24, 2.45) is 0 Å². The van der Waals surface area contributed by atoms with Gasteiger partial charge in [-0.3, -0.25) is 9.36 Å². The number of likely N-dealkylation sites (N-methyl/N-ethyl adjacent to an activating group) is 1. The summed E-state index contributed by atoms with van der Waals surface area (Å²) in [7, 11) is 1.26. The van der Waals surface area contributed by atoms with Gasteiger partial charge in [0.05, 0.1) is 39.9 Å². The number of phosphoric acid groups is 1. The van der Waals surface area contributed by atoms with E-state index in [0.29, 0.717) is 17.4 Å². The molecule has 0 rings (SSSR count). The number of rotatable bonds is 32. The highest BCUT2D eigenvalue weighted by Gasteiger charge is 2.23. The molecule has 3 atom stereocenters. The molecule has 9 heteroatoms. The fourth-order valence-corrected chi connectivity index (χ4v) is 5.76. The van der Waals surface area contributed by atoms with Gasteiger partial charge in [-0.2, -0.15) is 0 Å². The summed E-state index contributed by atoms with van der Waals surface area (Å²) in [5.41, 5.74) is 0. The van der Waals surface area contributed by atoms with Gasteiger partial charge in [0.25, 0.3) is 7.82 Å². The molecule has 262 valence electrons. The maximum atomic E-state index is 12.7. The first-order valence-corrected chi connectivity index (χ1v) is 19.5. The molecule has 0 spiro atoms. The van der Waals surface area contributed by atoms with Crippen LogP contribution < -0.4 is 10.2 Å². The van der Waals surface area contributed by atoms with Gasteiger partial charge in [-0.05, 0) is 19.3 Å². The number of allylic oxidation sites excluding steroid dienone is 1. The lowest BCUT2D eigenvalue weighted by molar-refractivity contribution is -0.870. The van der Waals surface area contributed by atoms with E-state index in [9.17, 15) is 19.4 Å². The summed E-state index contributed by atoms with van der Waals surface area (Å²) in [5.74, 6) is -0.203. The second-order valence-electron chi connectivity index (χ2n) is 13.6. The molecule has 0 radical (unpaired) electrons. The maximum absolute atomic E-state index is 12.7. The molecule has 8 nitrogen and oxygen atoms in total. The van der Waals surface area contributed by atoms with Gasteiger partial charge in [0.15, 0.2) is 0 Å². The Balaban J connectivity index is 4.33. The van der Waals surface area contributed by atoms with E-state index in [4.69, 9.17) is 9.05 Å². The van der Waals surface area contributed by atoms with E-state index in [1.807, 2.05) is 27.2 Å². The minimum atomic E-state index is -4.56.